The molecule has 0 saturated heterocycles. The number of nitriles is 1. The minimum absolute atomic E-state index is 0.177. The highest BCUT2D eigenvalue weighted by atomic mass is 35.5. The van der Waals surface area contributed by atoms with E-state index in [2.05, 4.69) is 5.32 Å². The molecule has 6 heteroatoms. The molecule has 5 nitrogen and oxygen atoms in total. The summed E-state index contributed by atoms with van der Waals surface area (Å²) in [6.45, 7) is 3.24. The average molecular weight is 369 g/mol. The lowest BCUT2D eigenvalue weighted by molar-refractivity contribution is -0.142. The second kappa shape index (κ2) is 8.84. The molecular weight excluding hydrogens is 352 g/mol. The molecule has 0 atom stereocenters. The van der Waals surface area contributed by atoms with Crippen molar-refractivity contribution in [2.24, 2.45) is 0 Å². The van der Waals surface area contributed by atoms with Gasteiger partial charge in [0.25, 0.3) is 5.91 Å². The molecule has 132 valence electrons. The molecule has 0 heterocycles. The van der Waals surface area contributed by atoms with Gasteiger partial charge < -0.3 is 10.1 Å². The summed E-state index contributed by atoms with van der Waals surface area (Å²) < 4.78 is 4.92. The Kier molecular flexibility index (Phi) is 6.54. The molecule has 0 fully saturated rings. The number of carbonyl (C=O) groups is 2. The molecule has 0 saturated carbocycles. The van der Waals surface area contributed by atoms with Crippen LogP contribution >= 0.6 is 11.6 Å². The molecule has 0 unspecified atom stereocenters. The third-order valence-corrected chi connectivity index (χ3v) is 3.76. The zero-order valence-electron chi connectivity index (χ0n) is 14.4. The molecule has 0 radical (unpaired) electrons. The van der Waals surface area contributed by atoms with Gasteiger partial charge in [0.2, 0.25) is 0 Å². The number of hydrogen-bond acceptors (Lipinski definition) is 4. The second-order valence-corrected chi connectivity index (χ2v) is 6.10. The normalized spacial score (nSPS) is 10.8. The summed E-state index contributed by atoms with van der Waals surface area (Å²) in [6, 6.07) is 14.1. The third kappa shape index (κ3) is 5.47. The maximum absolute atomic E-state index is 12.0. The Morgan fingerprint density at radius 2 is 1.88 bits per heavy atom. The van der Waals surface area contributed by atoms with Crippen molar-refractivity contribution in [3.8, 4) is 6.07 Å². The van der Waals surface area contributed by atoms with Crippen molar-refractivity contribution in [2.75, 3.05) is 11.9 Å². The van der Waals surface area contributed by atoms with Crippen LogP contribution in [0.2, 0.25) is 5.02 Å². The Morgan fingerprint density at radius 1 is 1.19 bits per heavy atom. The summed E-state index contributed by atoms with van der Waals surface area (Å²) >= 11 is 5.86. The minimum Gasteiger partial charge on any atom is -0.451 e. The smallest absolute Gasteiger partial charge is 0.349 e. The maximum atomic E-state index is 12.0. The van der Waals surface area contributed by atoms with E-state index in [4.69, 9.17) is 21.6 Å². The van der Waals surface area contributed by atoms with Crippen LogP contribution in [0.4, 0.5) is 5.69 Å². The van der Waals surface area contributed by atoms with E-state index in [1.165, 1.54) is 6.08 Å². The first-order valence-electron chi connectivity index (χ1n) is 7.80. The van der Waals surface area contributed by atoms with E-state index in [9.17, 15) is 9.59 Å². The number of amides is 1. The van der Waals surface area contributed by atoms with Gasteiger partial charge in [0.1, 0.15) is 11.6 Å². The van der Waals surface area contributed by atoms with Crippen LogP contribution in [-0.4, -0.2) is 18.5 Å². The Labute approximate surface area is 156 Å². The quantitative estimate of drug-likeness (QED) is 0.490. The first-order valence-corrected chi connectivity index (χ1v) is 8.18. The van der Waals surface area contributed by atoms with Gasteiger partial charge in [0.15, 0.2) is 6.61 Å². The number of aryl methyl sites for hydroxylation is 2. The summed E-state index contributed by atoms with van der Waals surface area (Å²) in [5, 5.41) is 12.3. The van der Waals surface area contributed by atoms with Crippen molar-refractivity contribution < 1.29 is 14.3 Å². The summed E-state index contributed by atoms with van der Waals surface area (Å²) in [5.41, 5.74) is 2.95. The van der Waals surface area contributed by atoms with E-state index in [0.717, 1.165) is 11.1 Å². The topological polar surface area (TPSA) is 79.2 Å². The molecule has 0 aliphatic rings. The molecule has 1 N–H and O–H groups in total. The molecule has 0 bridgehead atoms. The number of rotatable bonds is 5. The van der Waals surface area contributed by atoms with Gasteiger partial charge in [-0.05, 0) is 49.2 Å². The first kappa shape index (κ1) is 19.2. The Hall–Kier alpha value is -3.10. The first-order chi connectivity index (χ1) is 12.4. The van der Waals surface area contributed by atoms with Crippen LogP contribution in [0.15, 0.2) is 48.0 Å². The molecule has 1 amide bonds. The summed E-state index contributed by atoms with van der Waals surface area (Å²) in [6.07, 6.45) is 1.42. The standard InChI is InChI=1S/C20H17ClN2O3/c1-13-3-5-15(6-4-13)10-16(11-22)20(25)26-12-19(24)23-18-8-7-17(21)9-14(18)2/h3-10H,12H2,1-2H3,(H,23,24)/b16-10+. The van der Waals surface area contributed by atoms with Crippen LogP contribution in [0.3, 0.4) is 0 Å². The molecule has 0 aromatic heterocycles. The minimum atomic E-state index is -0.851. The summed E-state index contributed by atoms with van der Waals surface area (Å²) in [4.78, 5) is 23.9. The van der Waals surface area contributed by atoms with E-state index in [1.54, 1.807) is 43.3 Å². The van der Waals surface area contributed by atoms with Crippen molar-refractivity contribution in [1.29, 1.82) is 5.26 Å². The SMILES string of the molecule is Cc1ccc(/C=C(\C#N)C(=O)OCC(=O)Nc2ccc(Cl)cc2C)cc1. The van der Waals surface area contributed by atoms with Crippen molar-refractivity contribution in [3.05, 3.63) is 69.8 Å². The molecule has 0 aliphatic heterocycles. The number of nitrogens with one attached hydrogen (secondary N) is 1. The number of hydrogen-bond donors (Lipinski definition) is 1. The average Bonchev–Trinajstić information content (AvgIpc) is 2.61. The lowest BCUT2D eigenvalue weighted by Gasteiger charge is -2.09. The fraction of sp³-hybridized carbons (Fsp3) is 0.150. The van der Waals surface area contributed by atoms with Crippen LogP contribution in [0.25, 0.3) is 6.08 Å². The van der Waals surface area contributed by atoms with Crippen LogP contribution in [-0.2, 0) is 14.3 Å². The number of anilines is 1. The number of halogens is 1. The predicted molar refractivity (Wildman–Crippen MR) is 101 cm³/mol. The fourth-order valence-electron chi connectivity index (χ4n) is 2.13. The van der Waals surface area contributed by atoms with Crippen LogP contribution < -0.4 is 5.32 Å². The highest BCUT2D eigenvalue weighted by molar-refractivity contribution is 6.30. The summed E-state index contributed by atoms with van der Waals surface area (Å²) in [5.74, 6) is -1.35. The number of carbonyl (C=O) groups excluding carboxylic acids is 2. The van der Waals surface area contributed by atoms with Gasteiger partial charge in [0.05, 0.1) is 0 Å². The monoisotopic (exact) mass is 368 g/mol. The van der Waals surface area contributed by atoms with Gasteiger partial charge in [-0.15, -0.1) is 0 Å². The number of benzene rings is 2. The van der Waals surface area contributed by atoms with Gasteiger partial charge in [-0.1, -0.05) is 41.4 Å². The van der Waals surface area contributed by atoms with Gasteiger partial charge in [-0.2, -0.15) is 5.26 Å². The van der Waals surface area contributed by atoms with Crippen molar-refractivity contribution in [2.45, 2.75) is 13.8 Å². The molecule has 26 heavy (non-hydrogen) atoms. The number of esters is 1. The predicted octanol–water partition coefficient (Wildman–Crippen LogP) is 4.05. The van der Waals surface area contributed by atoms with Gasteiger partial charge >= 0.3 is 5.97 Å². The largest absolute Gasteiger partial charge is 0.451 e. The molecule has 2 rings (SSSR count). The number of ether oxygens (including phenoxy) is 1. The van der Waals surface area contributed by atoms with E-state index in [1.807, 2.05) is 19.1 Å². The van der Waals surface area contributed by atoms with E-state index < -0.39 is 18.5 Å². The Bertz CT molecular complexity index is 896. The Balaban J connectivity index is 1.96. The lowest BCUT2D eigenvalue weighted by atomic mass is 10.1. The van der Waals surface area contributed by atoms with E-state index >= 15 is 0 Å². The van der Waals surface area contributed by atoms with E-state index in [-0.39, 0.29) is 5.57 Å². The van der Waals surface area contributed by atoms with Crippen molar-refractivity contribution in [3.63, 3.8) is 0 Å². The summed E-state index contributed by atoms with van der Waals surface area (Å²) in [7, 11) is 0. The van der Waals surface area contributed by atoms with Gasteiger partial charge in [-0.25, -0.2) is 4.79 Å². The van der Waals surface area contributed by atoms with Crippen LogP contribution in [0, 0.1) is 25.2 Å². The fourth-order valence-corrected chi connectivity index (χ4v) is 2.36. The maximum Gasteiger partial charge on any atom is 0.349 e. The number of nitrogens with zero attached hydrogens (tertiary/aromatic N) is 1. The zero-order chi connectivity index (χ0) is 19.1. The highest BCUT2D eigenvalue weighted by Gasteiger charge is 2.14. The lowest BCUT2D eigenvalue weighted by Crippen LogP contribution is -2.21. The molecule has 0 aliphatic carbocycles. The molecule has 2 aromatic carbocycles. The third-order valence-electron chi connectivity index (χ3n) is 3.53. The molecular formula is C20H17ClN2O3. The Morgan fingerprint density at radius 3 is 2.50 bits per heavy atom. The van der Waals surface area contributed by atoms with Gasteiger partial charge in [-0.3, -0.25) is 4.79 Å². The van der Waals surface area contributed by atoms with Gasteiger partial charge in [0, 0.05) is 10.7 Å². The van der Waals surface area contributed by atoms with Crippen LogP contribution in [0.5, 0.6) is 0 Å². The zero-order valence-corrected chi connectivity index (χ0v) is 15.1. The van der Waals surface area contributed by atoms with Crippen LogP contribution in [0.1, 0.15) is 16.7 Å². The van der Waals surface area contributed by atoms with E-state index in [0.29, 0.717) is 16.3 Å². The molecule has 0 spiro atoms. The second-order valence-electron chi connectivity index (χ2n) is 5.66. The highest BCUT2D eigenvalue weighted by Crippen LogP contribution is 2.19. The molecule has 2 aromatic rings. The van der Waals surface area contributed by atoms with Crippen molar-refractivity contribution in [1.82, 2.24) is 0 Å². The van der Waals surface area contributed by atoms with Crippen molar-refractivity contribution >= 4 is 35.2 Å².